The quantitative estimate of drug-likeness (QED) is 0.667. The molecule has 0 amide bonds. The minimum Gasteiger partial charge on any atom is -0.507 e. The van der Waals surface area contributed by atoms with Gasteiger partial charge >= 0.3 is 0 Å². The van der Waals surface area contributed by atoms with Gasteiger partial charge in [-0.15, -0.1) is 10.2 Å². The maximum atomic E-state index is 10.6. The smallest absolute Gasteiger partial charge is 0.151 e. The Morgan fingerprint density at radius 3 is 2.55 bits per heavy atom. The highest BCUT2D eigenvalue weighted by molar-refractivity contribution is 5.90. The van der Waals surface area contributed by atoms with E-state index >= 15 is 0 Å². The van der Waals surface area contributed by atoms with Gasteiger partial charge in [0, 0.05) is 30.7 Å². The van der Waals surface area contributed by atoms with Crippen LogP contribution < -0.4 is 9.64 Å². The number of benzene rings is 2. The summed E-state index contributed by atoms with van der Waals surface area (Å²) in [6.07, 6.45) is 1.09. The zero-order valence-corrected chi connectivity index (χ0v) is 19.3. The Labute approximate surface area is 184 Å². The third-order valence-corrected chi connectivity index (χ3v) is 7.38. The van der Waals surface area contributed by atoms with Crippen LogP contribution in [0.5, 0.6) is 11.5 Å². The van der Waals surface area contributed by atoms with Crippen LogP contribution in [0, 0.1) is 5.92 Å². The summed E-state index contributed by atoms with van der Waals surface area (Å²) in [7, 11) is 5.94. The van der Waals surface area contributed by atoms with Crippen molar-refractivity contribution in [2.75, 3.05) is 32.6 Å². The molecular weight excluding hydrogens is 388 g/mol. The molecule has 3 aromatic rings. The van der Waals surface area contributed by atoms with Gasteiger partial charge in [-0.2, -0.15) is 0 Å². The number of hydrogen-bond donors (Lipinski definition) is 1. The molecule has 1 aliphatic rings. The maximum Gasteiger partial charge on any atom is 0.151 e. The van der Waals surface area contributed by atoms with E-state index < -0.39 is 0 Å². The minimum absolute atomic E-state index is 0.129. The Bertz CT molecular complexity index is 1080. The number of rotatable bonds is 4. The number of ether oxygens (including phenoxy) is 1. The SMILES string of the molecule is COc1ccc2cc(-c3ccc(N(C)C4CCN(C)C(C)(C)C4C)nn3)c(O)cc2c1. The summed E-state index contributed by atoms with van der Waals surface area (Å²) < 4.78 is 5.28. The third-order valence-electron chi connectivity index (χ3n) is 7.38. The summed E-state index contributed by atoms with van der Waals surface area (Å²) in [5.74, 6) is 2.28. The highest BCUT2D eigenvalue weighted by Gasteiger charge is 2.41. The van der Waals surface area contributed by atoms with Gasteiger partial charge in [0.1, 0.15) is 11.5 Å². The molecule has 31 heavy (non-hydrogen) atoms. The second-order valence-corrected chi connectivity index (χ2v) is 9.19. The van der Waals surface area contributed by atoms with Gasteiger partial charge in [-0.3, -0.25) is 0 Å². The first-order chi connectivity index (χ1) is 14.7. The number of fused-ring (bicyclic) bond motifs is 1. The monoisotopic (exact) mass is 420 g/mol. The molecule has 6 heteroatoms. The summed E-state index contributed by atoms with van der Waals surface area (Å²) in [5, 5.41) is 21.5. The van der Waals surface area contributed by atoms with E-state index in [-0.39, 0.29) is 11.3 Å². The van der Waals surface area contributed by atoms with Crippen molar-refractivity contribution in [3.05, 3.63) is 42.5 Å². The molecule has 1 N–H and O–H groups in total. The Hall–Kier alpha value is -2.86. The van der Waals surface area contributed by atoms with Crippen LogP contribution in [-0.2, 0) is 0 Å². The molecule has 164 valence electrons. The Morgan fingerprint density at radius 1 is 1.10 bits per heavy atom. The summed E-state index contributed by atoms with van der Waals surface area (Å²) >= 11 is 0. The predicted octanol–water partition coefficient (Wildman–Crippen LogP) is 4.57. The highest BCUT2D eigenvalue weighted by atomic mass is 16.5. The predicted molar refractivity (Wildman–Crippen MR) is 126 cm³/mol. The van der Waals surface area contributed by atoms with Crippen molar-refractivity contribution >= 4 is 16.6 Å². The normalized spacial score (nSPS) is 21.2. The number of phenols is 1. The molecular formula is C25H32N4O2. The molecule has 0 radical (unpaired) electrons. The number of aromatic hydroxyl groups is 1. The van der Waals surface area contributed by atoms with Crippen molar-refractivity contribution in [3.63, 3.8) is 0 Å². The van der Waals surface area contributed by atoms with E-state index in [0.717, 1.165) is 35.3 Å². The molecule has 1 aromatic heterocycles. The van der Waals surface area contributed by atoms with Crippen LogP contribution in [0.15, 0.2) is 42.5 Å². The van der Waals surface area contributed by atoms with Crippen molar-refractivity contribution in [2.24, 2.45) is 5.92 Å². The van der Waals surface area contributed by atoms with Crippen molar-refractivity contribution in [1.82, 2.24) is 15.1 Å². The van der Waals surface area contributed by atoms with Gasteiger partial charge in [0.2, 0.25) is 0 Å². The van der Waals surface area contributed by atoms with Gasteiger partial charge in [-0.25, -0.2) is 0 Å². The Morgan fingerprint density at radius 2 is 1.87 bits per heavy atom. The van der Waals surface area contributed by atoms with Crippen molar-refractivity contribution in [3.8, 4) is 22.8 Å². The molecule has 2 aromatic carbocycles. The van der Waals surface area contributed by atoms with Crippen molar-refractivity contribution < 1.29 is 9.84 Å². The molecule has 0 aliphatic carbocycles. The van der Waals surface area contributed by atoms with Crippen LogP contribution in [-0.4, -0.2) is 59.5 Å². The standard InChI is InChI=1S/C25H32N4O2/c1-16-22(11-12-28(4)25(16,2)3)29(5)24-10-9-21(26-27-24)20-14-17-7-8-19(31-6)13-18(17)15-23(20)30/h7-10,13-16,22,30H,11-12H2,1-6H3. The average molecular weight is 421 g/mol. The van der Waals surface area contributed by atoms with Crippen LogP contribution in [0.25, 0.3) is 22.0 Å². The number of anilines is 1. The minimum atomic E-state index is 0.129. The largest absolute Gasteiger partial charge is 0.507 e. The lowest BCUT2D eigenvalue weighted by Crippen LogP contribution is -2.59. The first-order valence-corrected chi connectivity index (χ1v) is 10.8. The lowest BCUT2D eigenvalue weighted by molar-refractivity contribution is 0.0391. The van der Waals surface area contributed by atoms with E-state index in [4.69, 9.17) is 4.74 Å². The van der Waals surface area contributed by atoms with E-state index in [1.54, 1.807) is 13.2 Å². The van der Waals surface area contributed by atoms with Gasteiger partial charge in [-0.05, 0) is 80.4 Å². The fourth-order valence-corrected chi connectivity index (χ4v) is 4.63. The number of piperidine rings is 1. The topological polar surface area (TPSA) is 61.7 Å². The molecule has 2 heterocycles. The molecule has 6 nitrogen and oxygen atoms in total. The van der Waals surface area contributed by atoms with Gasteiger partial charge in [-0.1, -0.05) is 13.0 Å². The maximum absolute atomic E-state index is 10.6. The van der Waals surface area contributed by atoms with Gasteiger partial charge in [0.05, 0.1) is 12.8 Å². The van der Waals surface area contributed by atoms with Crippen LogP contribution >= 0.6 is 0 Å². The molecule has 0 saturated carbocycles. The Balaban J connectivity index is 1.60. The number of hydrogen-bond acceptors (Lipinski definition) is 6. The van der Waals surface area contributed by atoms with E-state index in [1.165, 1.54) is 0 Å². The van der Waals surface area contributed by atoms with Crippen LogP contribution in [0.1, 0.15) is 27.2 Å². The van der Waals surface area contributed by atoms with Crippen molar-refractivity contribution in [1.29, 1.82) is 0 Å². The summed E-state index contributed by atoms with van der Waals surface area (Å²) in [6.45, 7) is 8.00. The first-order valence-electron chi connectivity index (χ1n) is 10.8. The number of nitrogens with zero attached hydrogens (tertiary/aromatic N) is 4. The Kier molecular flexibility index (Phi) is 5.52. The fourth-order valence-electron chi connectivity index (χ4n) is 4.63. The molecule has 1 saturated heterocycles. The molecule has 2 atom stereocenters. The number of aromatic nitrogens is 2. The number of methoxy groups -OCH3 is 1. The highest BCUT2D eigenvalue weighted by Crippen LogP contribution is 2.37. The van der Waals surface area contributed by atoms with Crippen LogP contribution in [0.2, 0.25) is 0 Å². The molecule has 1 aliphatic heterocycles. The molecule has 0 spiro atoms. The molecule has 2 unspecified atom stereocenters. The summed E-state index contributed by atoms with van der Waals surface area (Å²) in [5.41, 5.74) is 1.46. The first kappa shape index (κ1) is 21.4. The summed E-state index contributed by atoms with van der Waals surface area (Å²) in [4.78, 5) is 4.69. The lowest BCUT2D eigenvalue weighted by Gasteiger charge is -2.51. The van der Waals surface area contributed by atoms with E-state index in [9.17, 15) is 5.11 Å². The van der Waals surface area contributed by atoms with E-state index in [0.29, 0.717) is 23.2 Å². The van der Waals surface area contributed by atoms with Gasteiger partial charge < -0.3 is 19.6 Å². The molecule has 4 rings (SSSR count). The fraction of sp³-hybridized carbons (Fsp3) is 0.440. The van der Waals surface area contributed by atoms with Gasteiger partial charge in [0.25, 0.3) is 0 Å². The lowest BCUT2D eigenvalue weighted by atomic mass is 9.77. The second kappa shape index (κ2) is 8.00. The van der Waals surface area contributed by atoms with Gasteiger partial charge in [0.15, 0.2) is 5.82 Å². The van der Waals surface area contributed by atoms with Crippen molar-refractivity contribution in [2.45, 2.75) is 38.8 Å². The molecule has 1 fully saturated rings. The zero-order valence-electron chi connectivity index (χ0n) is 19.3. The van der Waals surface area contributed by atoms with Crippen LogP contribution in [0.3, 0.4) is 0 Å². The average Bonchev–Trinajstić information content (AvgIpc) is 2.77. The second-order valence-electron chi connectivity index (χ2n) is 9.19. The van der Waals surface area contributed by atoms with Crippen LogP contribution in [0.4, 0.5) is 5.82 Å². The van der Waals surface area contributed by atoms with E-state index in [1.807, 2.05) is 36.4 Å². The van der Waals surface area contributed by atoms with E-state index in [2.05, 4.69) is 54.9 Å². The zero-order chi connectivity index (χ0) is 22.3. The number of phenolic OH excluding ortho intramolecular Hbond substituents is 1. The number of likely N-dealkylation sites (tertiary alicyclic amines) is 1. The third kappa shape index (κ3) is 3.81. The summed E-state index contributed by atoms with van der Waals surface area (Å²) in [6, 6.07) is 13.8. The molecule has 0 bridgehead atoms.